The van der Waals surface area contributed by atoms with Gasteiger partial charge in [0.1, 0.15) is 5.52 Å². The minimum Gasteiger partial charge on any atom is -0.436 e. The van der Waals surface area contributed by atoms with Crippen molar-refractivity contribution in [2.45, 2.75) is 20.8 Å². The van der Waals surface area contributed by atoms with Gasteiger partial charge >= 0.3 is 0 Å². The van der Waals surface area contributed by atoms with Gasteiger partial charge in [0.25, 0.3) is 0 Å². The average molecular weight is 267 g/mol. The van der Waals surface area contributed by atoms with E-state index in [1.165, 1.54) is 0 Å². The first-order valence-corrected chi connectivity index (χ1v) is 6.49. The SMILES string of the molecule is Cc1cc(C)c2oc(-c3cc(N)c(C)c(N)c3)nc2c1. The maximum atomic E-state index is 5.96. The van der Waals surface area contributed by atoms with E-state index in [4.69, 9.17) is 15.9 Å². The molecular weight excluding hydrogens is 250 g/mol. The second-order valence-electron chi connectivity index (χ2n) is 5.23. The number of fused-ring (bicyclic) bond motifs is 1. The maximum absolute atomic E-state index is 5.96. The van der Waals surface area contributed by atoms with Crippen molar-refractivity contribution in [3.8, 4) is 11.5 Å². The van der Waals surface area contributed by atoms with Crippen molar-refractivity contribution in [1.29, 1.82) is 0 Å². The second-order valence-corrected chi connectivity index (χ2v) is 5.23. The van der Waals surface area contributed by atoms with Crippen LogP contribution in [0.15, 0.2) is 28.7 Å². The predicted molar refractivity (Wildman–Crippen MR) is 82.5 cm³/mol. The lowest BCUT2D eigenvalue weighted by Crippen LogP contribution is -1.96. The van der Waals surface area contributed by atoms with Crippen molar-refractivity contribution >= 4 is 22.5 Å². The molecule has 1 heterocycles. The zero-order valence-corrected chi connectivity index (χ0v) is 11.8. The topological polar surface area (TPSA) is 78.1 Å². The van der Waals surface area contributed by atoms with E-state index >= 15 is 0 Å². The number of nitrogens with zero attached hydrogens (tertiary/aromatic N) is 1. The summed E-state index contributed by atoms with van der Waals surface area (Å²) in [6.45, 7) is 5.96. The smallest absolute Gasteiger partial charge is 0.227 e. The Labute approximate surface area is 117 Å². The van der Waals surface area contributed by atoms with Crippen LogP contribution in [0.25, 0.3) is 22.6 Å². The van der Waals surface area contributed by atoms with Crippen molar-refractivity contribution in [3.05, 3.63) is 41.0 Å². The fraction of sp³-hybridized carbons (Fsp3) is 0.188. The molecule has 0 saturated carbocycles. The lowest BCUT2D eigenvalue weighted by molar-refractivity contribution is 0.617. The third-order valence-corrected chi connectivity index (χ3v) is 3.56. The first-order chi connectivity index (χ1) is 9.45. The summed E-state index contributed by atoms with van der Waals surface area (Å²) in [5.41, 5.74) is 18.8. The number of nitrogen functional groups attached to an aromatic ring is 2. The summed E-state index contributed by atoms with van der Waals surface area (Å²) >= 11 is 0. The molecule has 4 heteroatoms. The Bertz CT molecular complexity index is 795. The maximum Gasteiger partial charge on any atom is 0.227 e. The number of rotatable bonds is 1. The van der Waals surface area contributed by atoms with Crippen LogP contribution < -0.4 is 11.5 Å². The summed E-state index contributed by atoms with van der Waals surface area (Å²) in [5, 5.41) is 0. The zero-order chi connectivity index (χ0) is 14.4. The molecule has 20 heavy (non-hydrogen) atoms. The fourth-order valence-electron chi connectivity index (χ4n) is 2.38. The molecule has 0 aliphatic rings. The summed E-state index contributed by atoms with van der Waals surface area (Å²) in [6.07, 6.45) is 0. The van der Waals surface area contributed by atoms with Gasteiger partial charge in [-0.2, -0.15) is 0 Å². The van der Waals surface area contributed by atoms with Gasteiger partial charge in [0.2, 0.25) is 5.89 Å². The quantitative estimate of drug-likeness (QED) is 0.660. The minimum atomic E-state index is 0.548. The largest absolute Gasteiger partial charge is 0.436 e. The van der Waals surface area contributed by atoms with Crippen LogP contribution in [0.2, 0.25) is 0 Å². The van der Waals surface area contributed by atoms with Crippen LogP contribution >= 0.6 is 0 Å². The lowest BCUT2D eigenvalue weighted by atomic mass is 10.1. The number of anilines is 2. The third-order valence-electron chi connectivity index (χ3n) is 3.56. The van der Waals surface area contributed by atoms with E-state index in [0.717, 1.165) is 33.4 Å². The summed E-state index contributed by atoms with van der Waals surface area (Å²) in [5.74, 6) is 0.548. The van der Waals surface area contributed by atoms with Crippen LogP contribution in [0.5, 0.6) is 0 Å². The highest BCUT2D eigenvalue weighted by Gasteiger charge is 2.12. The highest BCUT2D eigenvalue weighted by Crippen LogP contribution is 2.31. The summed E-state index contributed by atoms with van der Waals surface area (Å²) in [4.78, 5) is 4.54. The monoisotopic (exact) mass is 267 g/mol. The number of aryl methyl sites for hydroxylation is 2. The lowest BCUT2D eigenvalue weighted by Gasteiger charge is -2.05. The Hall–Kier alpha value is -2.49. The zero-order valence-electron chi connectivity index (χ0n) is 11.8. The molecule has 0 radical (unpaired) electrons. The van der Waals surface area contributed by atoms with E-state index in [9.17, 15) is 0 Å². The third kappa shape index (κ3) is 1.90. The van der Waals surface area contributed by atoms with E-state index in [0.29, 0.717) is 17.3 Å². The first kappa shape index (κ1) is 12.5. The van der Waals surface area contributed by atoms with Gasteiger partial charge in [-0.3, -0.25) is 0 Å². The Balaban J connectivity index is 2.22. The van der Waals surface area contributed by atoms with Gasteiger partial charge in [-0.25, -0.2) is 4.98 Å². The summed E-state index contributed by atoms with van der Waals surface area (Å²) < 4.78 is 5.87. The molecule has 2 aromatic carbocycles. The molecule has 0 fully saturated rings. The number of hydrogen-bond acceptors (Lipinski definition) is 4. The predicted octanol–water partition coefficient (Wildman–Crippen LogP) is 3.58. The number of nitrogens with two attached hydrogens (primary N) is 2. The van der Waals surface area contributed by atoms with E-state index in [2.05, 4.69) is 11.1 Å². The molecule has 0 spiro atoms. The van der Waals surface area contributed by atoms with Crippen LogP contribution in [0.1, 0.15) is 16.7 Å². The number of oxazole rings is 1. The van der Waals surface area contributed by atoms with Crippen molar-refractivity contribution < 1.29 is 4.42 Å². The van der Waals surface area contributed by atoms with Crippen LogP contribution in [0.3, 0.4) is 0 Å². The molecule has 1 aromatic heterocycles. The molecule has 3 rings (SSSR count). The molecule has 0 bridgehead atoms. The van der Waals surface area contributed by atoms with E-state index in [1.54, 1.807) is 0 Å². The number of hydrogen-bond donors (Lipinski definition) is 2. The Morgan fingerprint density at radius 3 is 2.25 bits per heavy atom. The van der Waals surface area contributed by atoms with E-state index in [1.807, 2.05) is 39.0 Å². The second kappa shape index (κ2) is 4.27. The van der Waals surface area contributed by atoms with Crippen molar-refractivity contribution in [2.75, 3.05) is 11.5 Å². The van der Waals surface area contributed by atoms with E-state index < -0.39 is 0 Å². The number of aromatic nitrogens is 1. The first-order valence-electron chi connectivity index (χ1n) is 6.49. The molecule has 0 aliphatic heterocycles. The average Bonchev–Trinajstić information content (AvgIpc) is 2.79. The van der Waals surface area contributed by atoms with Crippen LogP contribution in [0.4, 0.5) is 11.4 Å². The van der Waals surface area contributed by atoms with Gasteiger partial charge in [-0.05, 0) is 55.7 Å². The van der Waals surface area contributed by atoms with Crippen LogP contribution in [-0.2, 0) is 0 Å². The van der Waals surface area contributed by atoms with Gasteiger partial charge in [-0.1, -0.05) is 6.07 Å². The van der Waals surface area contributed by atoms with Crippen LogP contribution in [0, 0.1) is 20.8 Å². The normalized spacial score (nSPS) is 11.2. The summed E-state index contributed by atoms with van der Waals surface area (Å²) in [6, 6.07) is 7.78. The van der Waals surface area contributed by atoms with Crippen molar-refractivity contribution in [3.63, 3.8) is 0 Å². The molecular formula is C16H17N3O. The summed E-state index contributed by atoms with van der Waals surface area (Å²) in [7, 11) is 0. The molecule has 3 aromatic rings. The Morgan fingerprint density at radius 2 is 1.60 bits per heavy atom. The van der Waals surface area contributed by atoms with Gasteiger partial charge in [0, 0.05) is 16.9 Å². The Morgan fingerprint density at radius 1 is 0.950 bits per heavy atom. The molecule has 4 nitrogen and oxygen atoms in total. The fourth-order valence-corrected chi connectivity index (χ4v) is 2.38. The molecule has 4 N–H and O–H groups in total. The molecule has 0 saturated heterocycles. The molecule has 0 unspecified atom stereocenters. The highest BCUT2D eigenvalue weighted by molar-refractivity contribution is 5.81. The van der Waals surface area contributed by atoms with Gasteiger partial charge < -0.3 is 15.9 Å². The minimum absolute atomic E-state index is 0.548. The van der Waals surface area contributed by atoms with Crippen molar-refractivity contribution in [2.24, 2.45) is 0 Å². The van der Waals surface area contributed by atoms with E-state index in [-0.39, 0.29) is 0 Å². The molecule has 0 aliphatic carbocycles. The molecule has 0 amide bonds. The molecule has 102 valence electrons. The van der Waals surface area contributed by atoms with Crippen LogP contribution in [-0.4, -0.2) is 4.98 Å². The Kier molecular flexibility index (Phi) is 2.67. The number of benzene rings is 2. The van der Waals surface area contributed by atoms with Crippen molar-refractivity contribution in [1.82, 2.24) is 4.98 Å². The van der Waals surface area contributed by atoms with Gasteiger partial charge in [0.15, 0.2) is 5.58 Å². The van der Waals surface area contributed by atoms with Gasteiger partial charge in [-0.15, -0.1) is 0 Å². The standard InChI is InChI=1S/C16H17N3O/c1-8-4-9(2)15-14(5-8)19-16(20-15)11-6-12(17)10(3)13(18)7-11/h4-7H,17-18H2,1-3H3. The highest BCUT2D eigenvalue weighted by atomic mass is 16.3. The van der Waals surface area contributed by atoms with Gasteiger partial charge in [0.05, 0.1) is 0 Å². The molecule has 0 atom stereocenters.